The molecule has 0 saturated carbocycles. The van der Waals surface area contributed by atoms with Gasteiger partial charge in [0.2, 0.25) is 0 Å². The van der Waals surface area contributed by atoms with Crippen LogP contribution in [0.1, 0.15) is 15.9 Å². The SMILES string of the molecule is COc1ccc(C(=O)O)cc1-c1cc(F)c(C)cc1F. The first-order valence-corrected chi connectivity index (χ1v) is 5.81. The number of hydrogen-bond donors (Lipinski definition) is 1. The van der Waals surface area contributed by atoms with Crippen LogP contribution < -0.4 is 4.74 Å². The largest absolute Gasteiger partial charge is 0.496 e. The number of aromatic carboxylic acids is 1. The summed E-state index contributed by atoms with van der Waals surface area (Å²) in [6, 6.07) is 6.11. The van der Waals surface area contributed by atoms with Gasteiger partial charge < -0.3 is 9.84 Å². The molecule has 2 aromatic carbocycles. The predicted molar refractivity (Wildman–Crippen MR) is 70.0 cm³/mol. The van der Waals surface area contributed by atoms with E-state index >= 15 is 0 Å². The topological polar surface area (TPSA) is 46.5 Å². The van der Waals surface area contributed by atoms with Crippen LogP contribution in [0.3, 0.4) is 0 Å². The Morgan fingerprint density at radius 1 is 1.10 bits per heavy atom. The van der Waals surface area contributed by atoms with Crippen LogP contribution in [-0.2, 0) is 0 Å². The van der Waals surface area contributed by atoms with Gasteiger partial charge in [-0.1, -0.05) is 0 Å². The Kier molecular flexibility index (Phi) is 3.70. The number of halogens is 2. The van der Waals surface area contributed by atoms with E-state index in [1.54, 1.807) is 0 Å². The van der Waals surface area contributed by atoms with Crippen molar-refractivity contribution in [1.29, 1.82) is 0 Å². The summed E-state index contributed by atoms with van der Waals surface area (Å²) >= 11 is 0. The van der Waals surface area contributed by atoms with E-state index in [1.807, 2.05) is 0 Å². The lowest BCUT2D eigenvalue weighted by Crippen LogP contribution is -1.99. The van der Waals surface area contributed by atoms with E-state index in [1.165, 1.54) is 32.2 Å². The maximum Gasteiger partial charge on any atom is 0.335 e. The molecule has 0 unspecified atom stereocenters. The molecule has 0 amide bonds. The highest BCUT2D eigenvalue weighted by Gasteiger charge is 2.16. The number of rotatable bonds is 3. The Hall–Kier alpha value is -2.43. The lowest BCUT2D eigenvalue weighted by molar-refractivity contribution is 0.0697. The normalized spacial score (nSPS) is 10.4. The summed E-state index contributed by atoms with van der Waals surface area (Å²) < 4.78 is 32.7. The van der Waals surface area contributed by atoms with Gasteiger partial charge in [-0.2, -0.15) is 0 Å². The summed E-state index contributed by atoms with van der Waals surface area (Å²) in [5.41, 5.74) is 0.317. The van der Waals surface area contributed by atoms with Gasteiger partial charge >= 0.3 is 5.97 Å². The third-order valence-electron chi connectivity index (χ3n) is 2.98. The molecule has 0 atom stereocenters. The van der Waals surface area contributed by atoms with Gasteiger partial charge in [-0.05, 0) is 42.8 Å². The molecule has 2 rings (SSSR count). The maximum absolute atomic E-state index is 14.0. The third-order valence-corrected chi connectivity index (χ3v) is 2.98. The Morgan fingerprint density at radius 2 is 1.80 bits per heavy atom. The Labute approximate surface area is 114 Å². The van der Waals surface area contributed by atoms with E-state index in [-0.39, 0.29) is 28.0 Å². The molecule has 0 radical (unpaired) electrons. The zero-order chi connectivity index (χ0) is 14.9. The highest BCUT2D eigenvalue weighted by Crippen LogP contribution is 2.33. The van der Waals surface area contributed by atoms with Gasteiger partial charge in [0.1, 0.15) is 17.4 Å². The molecule has 104 valence electrons. The summed E-state index contributed by atoms with van der Waals surface area (Å²) in [6.07, 6.45) is 0. The summed E-state index contributed by atoms with van der Waals surface area (Å²) in [5.74, 6) is -2.08. The Bertz CT molecular complexity index is 681. The van der Waals surface area contributed by atoms with Gasteiger partial charge in [0.15, 0.2) is 0 Å². The van der Waals surface area contributed by atoms with Gasteiger partial charge in [0.25, 0.3) is 0 Å². The average Bonchev–Trinajstić information content (AvgIpc) is 2.42. The minimum atomic E-state index is -1.15. The highest BCUT2D eigenvalue weighted by molar-refractivity contribution is 5.90. The van der Waals surface area contributed by atoms with Crippen molar-refractivity contribution in [2.75, 3.05) is 7.11 Å². The molecule has 5 heteroatoms. The standard InChI is InChI=1S/C15H12F2O3/c1-8-5-13(17)10(7-12(8)16)11-6-9(15(18)19)3-4-14(11)20-2/h3-7H,1-2H3,(H,18,19). The van der Waals surface area contributed by atoms with Gasteiger partial charge in [0, 0.05) is 11.1 Å². The van der Waals surface area contributed by atoms with Crippen molar-refractivity contribution in [3.63, 3.8) is 0 Å². The number of carboxylic acid groups (broad SMARTS) is 1. The van der Waals surface area contributed by atoms with Crippen molar-refractivity contribution in [1.82, 2.24) is 0 Å². The predicted octanol–water partition coefficient (Wildman–Crippen LogP) is 3.65. The zero-order valence-electron chi connectivity index (χ0n) is 10.9. The Balaban J connectivity index is 2.70. The van der Waals surface area contributed by atoms with Gasteiger partial charge in [-0.15, -0.1) is 0 Å². The molecular formula is C15H12F2O3. The van der Waals surface area contributed by atoms with E-state index in [0.29, 0.717) is 0 Å². The minimum Gasteiger partial charge on any atom is -0.496 e. The van der Waals surface area contributed by atoms with E-state index in [0.717, 1.165) is 12.1 Å². The lowest BCUT2D eigenvalue weighted by Gasteiger charge is -2.11. The van der Waals surface area contributed by atoms with Crippen molar-refractivity contribution >= 4 is 5.97 Å². The molecule has 0 saturated heterocycles. The smallest absolute Gasteiger partial charge is 0.335 e. The van der Waals surface area contributed by atoms with E-state index in [9.17, 15) is 13.6 Å². The molecule has 0 spiro atoms. The molecule has 1 N–H and O–H groups in total. The van der Waals surface area contributed by atoms with Crippen LogP contribution in [0.4, 0.5) is 8.78 Å². The summed E-state index contributed by atoms with van der Waals surface area (Å²) in [7, 11) is 1.38. The van der Waals surface area contributed by atoms with Crippen LogP contribution in [0.15, 0.2) is 30.3 Å². The van der Waals surface area contributed by atoms with Crippen LogP contribution in [0.25, 0.3) is 11.1 Å². The van der Waals surface area contributed by atoms with Crippen LogP contribution in [-0.4, -0.2) is 18.2 Å². The molecule has 20 heavy (non-hydrogen) atoms. The molecule has 2 aromatic rings. The monoisotopic (exact) mass is 278 g/mol. The van der Waals surface area contributed by atoms with E-state index in [2.05, 4.69) is 0 Å². The molecule has 0 aromatic heterocycles. The molecule has 0 aliphatic rings. The quantitative estimate of drug-likeness (QED) is 0.932. The maximum atomic E-state index is 14.0. The number of benzene rings is 2. The van der Waals surface area contributed by atoms with E-state index in [4.69, 9.17) is 9.84 Å². The summed E-state index contributed by atoms with van der Waals surface area (Å²) in [6.45, 7) is 1.45. The zero-order valence-corrected chi connectivity index (χ0v) is 10.9. The van der Waals surface area contributed by atoms with Crippen molar-refractivity contribution in [3.8, 4) is 16.9 Å². The second-order valence-electron chi connectivity index (χ2n) is 4.30. The lowest BCUT2D eigenvalue weighted by atomic mass is 9.99. The summed E-state index contributed by atoms with van der Waals surface area (Å²) in [4.78, 5) is 11.0. The summed E-state index contributed by atoms with van der Waals surface area (Å²) in [5, 5.41) is 8.98. The minimum absolute atomic E-state index is 0.0267. The molecule has 0 heterocycles. The van der Waals surface area contributed by atoms with Crippen LogP contribution in [0, 0.1) is 18.6 Å². The fourth-order valence-electron chi connectivity index (χ4n) is 1.90. The van der Waals surface area contributed by atoms with Crippen LogP contribution in [0.5, 0.6) is 5.75 Å². The number of carboxylic acids is 1. The number of hydrogen-bond acceptors (Lipinski definition) is 2. The first-order chi connectivity index (χ1) is 9.43. The van der Waals surface area contributed by atoms with Crippen LogP contribution in [0.2, 0.25) is 0 Å². The highest BCUT2D eigenvalue weighted by atomic mass is 19.1. The van der Waals surface area contributed by atoms with Crippen molar-refractivity contribution < 1.29 is 23.4 Å². The molecule has 0 aliphatic heterocycles. The molecule has 3 nitrogen and oxygen atoms in total. The second kappa shape index (κ2) is 5.28. The average molecular weight is 278 g/mol. The van der Waals surface area contributed by atoms with Gasteiger partial charge in [-0.25, -0.2) is 13.6 Å². The van der Waals surface area contributed by atoms with Crippen molar-refractivity contribution in [2.24, 2.45) is 0 Å². The van der Waals surface area contributed by atoms with E-state index < -0.39 is 17.6 Å². The fraction of sp³-hybridized carbons (Fsp3) is 0.133. The molecule has 0 bridgehead atoms. The van der Waals surface area contributed by atoms with Crippen molar-refractivity contribution in [2.45, 2.75) is 6.92 Å². The molecular weight excluding hydrogens is 266 g/mol. The number of ether oxygens (including phenoxy) is 1. The third kappa shape index (κ3) is 2.47. The van der Waals surface area contributed by atoms with Crippen LogP contribution >= 0.6 is 0 Å². The molecule has 0 aliphatic carbocycles. The number of aryl methyl sites for hydroxylation is 1. The first-order valence-electron chi connectivity index (χ1n) is 5.81. The fourth-order valence-corrected chi connectivity index (χ4v) is 1.90. The van der Waals surface area contributed by atoms with Gasteiger partial charge in [0.05, 0.1) is 12.7 Å². The number of carbonyl (C=O) groups is 1. The van der Waals surface area contributed by atoms with Crippen molar-refractivity contribution in [3.05, 3.63) is 53.1 Å². The Morgan fingerprint density at radius 3 is 2.40 bits per heavy atom. The second-order valence-corrected chi connectivity index (χ2v) is 4.30. The van der Waals surface area contributed by atoms with Gasteiger partial charge in [-0.3, -0.25) is 0 Å². The first kappa shape index (κ1) is 14.0. The molecule has 0 fully saturated rings. The number of methoxy groups -OCH3 is 1.